The largest absolute Gasteiger partial charge is 0.510 e. The van der Waals surface area contributed by atoms with E-state index >= 15 is 0 Å². The first kappa shape index (κ1) is 24.6. The fourth-order valence-corrected chi connectivity index (χ4v) is 4.58. The lowest BCUT2D eigenvalue weighted by molar-refractivity contribution is -0.0199. The summed E-state index contributed by atoms with van der Waals surface area (Å²) in [5, 5.41) is 8.32. The predicted molar refractivity (Wildman–Crippen MR) is 103 cm³/mol. The molecule has 0 aliphatic carbocycles. The first-order valence-electron chi connectivity index (χ1n) is 8.77. The Bertz CT molecular complexity index is 842. The number of phosphoric acid groups is 1. The summed E-state index contributed by atoms with van der Waals surface area (Å²) in [6.07, 6.45) is -3.48. The number of thioether (sulfide) groups is 1. The van der Waals surface area contributed by atoms with E-state index in [2.05, 4.69) is 19.0 Å². The number of carbonyl (C=O) groups excluding carboxylic acids is 1. The number of aromatic nitrogens is 2. The van der Waals surface area contributed by atoms with Crippen molar-refractivity contribution in [1.82, 2.24) is 9.55 Å². The van der Waals surface area contributed by atoms with Gasteiger partial charge in [-0.3, -0.25) is 9.09 Å². The molecule has 0 aromatic carbocycles. The van der Waals surface area contributed by atoms with E-state index in [1.54, 1.807) is 13.8 Å². The van der Waals surface area contributed by atoms with Crippen molar-refractivity contribution >= 4 is 31.6 Å². The number of nitrogens with zero attached hydrogens (tertiary/aromatic N) is 2. The minimum atomic E-state index is -4.56. The molecule has 0 bridgehead atoms. The molecule has 5 atom stereocenters. The summed E-state index contributed by atoms with van der Waals surface area (Å²) in [5.74, 6) is -0.0136. The highest BCUT2D eigenvalue weighted by Crippen LogP contribution is 2.46. The molecule has 0 spiro atoms. The number of ether oxygens (including phenoxy) is 2. The molecule has 15 heteroatoms. The van der Waals surface area contributed by atoms with Gasteiger partial charge in [0.1, 0.15) is 17.3 Å². The van der Waals surface area contributed by atoms with E-state index in [0.717, 1.165) is 16.3 Å². The molecule has 1 unspecified atom stereocenters. The number of anilines is 1. The molecule has 1 aromatic heterocycles. The zero-order valence-electron chi connectivity index (χ0n) is 16.1. The van der Waals surface area contributed by atoms with E-state index in [4.69, 9.17) is 10.3 Å². The minimum absolute atomic E-state index is 0.0136. The molecule has 0 radical (unpaired) electrons. The quantitative estimate of drug-likeness (QED) is 0.267. The summed E-state index contributed by atoms with van der Waals surface area (Å²) >= 11 is 0.957. The van der Waals surface area contributed by atoms with Crippen molar-refractivity contribution in [2.45, 2.75) is 49.3 Å². The Balaban J connectivity index is 1.82. The fraction of sp³-hybridized carbons (Fsp3) is 0.667. The van der Waals surface area contributed by atoms with Gasteiger partial charge in [0, 0.05) is 11.4 Å². The molecule has 2 rings (SSSR count). The maximum atomic E-state index is 14.5. The van der Waals surface area contributed by atoms with Crippen LogP contribution in [0.15, 0.2) is 17.1 Å². The lowest BCUT2D eigenvalue weighted by Gasteiger charge is -2.16. The van der Waals surface area contributed by atoms with Crippen molar-refractivity contribution in [1.29, 1.82) is 0 Å². The molecule has 2 heterocycles. The van der Waals surface area contributed by atoms with Gasteiger partial charge in [-0.15, -0.1) is 11.8 Å². The molecule has 0 saturated carbocycles. The first-order chi connectivity index (χ1) is 14.0. The van der Waals surface area contributed by atoms with Crippen LogP contribution in [0.3, 0.4) is 0 Å². The Labute approximate surface area is 175 Å². The maximum absolute atomic E-state index is 14.5. The third-order valence-electron chi connectivity index (χ3n) is 3.80. The van der Waals surface area contributed by atoms with Crippen molar-refractivity contribution < 1.29 is 42.3 Å². The van der Waals surface area contributed by atoms with Crippen LogP contribution in [-0.4, -0.2) is 62.7 Å². The van der Waals surface area contributed by atoms with Crippen molar-refractivity contribution in [3.8, 4) is 0 Å². The second-order valence-electron chi connectivity index (χ2n) is 6.44. The van der Waals surface area contributed by atoms with Gasteiger partial charge in [0.15, 0.2) is 6.17 Å². The number of hydrogen-bond donors (Lipinski definition) is 3. The van der Waals surface area contributed by atoms with E-state index in [9.17, 15) is 28.5 Å². The zero-order valence-corrected chi connectivity index (χ0v) is 17.8. The zero-order chi connectivity index (χ0) is 22.5. The summed E-state index contributed by atoms with van der Waals surface area (Å²) in [5.41, 5.74) is 4.65. The Kier molecular flexibility index (Phi) is 8.64. The average molecular weight is 471 g/mol. The highest BCUT2D eigenvalue weighted by molar-refractivity contribution is 8.00. The normalized spacial score (nSPS) is 25.8. The Morgan fingerprint density at radius 2 is 2.17 bits per heavy atom. The van der Waals surface area contributed by atoms with E-state index in [-0.39, 0.29) is 18.8 Å². The standard InChI is InChI=1S/C15H23FN3O9PS/c1-8(2)28-15(22)25-7-27-29(23,24)26-6-4-9-12(20)11(16)13(30-9)19-5-3-10(17)18-14(19)21/h3,5,8-9,11-13,20H,4,6-7H2,1-2H3,(H,23,24)(H2,17,18,21)/t9-,11+,12-,13-/m1/s1. The van der Waals surface area contributed by atoms with Crippen LogP contribution in [0.25, 0.3) is 0 Å². The van der Waals surface area contributed by atoms with Gasteiger partial charge >= 0.3 is 19.7 Å². The molecule has 1 saturated heterocycles. The molecule has 1 fully saturated rings. The van der Waals surface area contributed by atoms with E-state index in [1.165, 1.54) is 12.3 Å². The molecular weight excluding hydrogens is 448 g/mol. The second-order valence-corrected chi connectivity index (χ2v) is 9.25. The van der Waals surface area contributed by atoms with Crippen molar-refractivity contribution in [3.63, 3.8) is 0 Å². The van der Waals surface area contributed by atoms with Crippen molar-refractivity contribution in [3.05, 3.63) is 22.7 Å². The highest BCUT2D eigenvalue weighted by Gasteiger charge is 2.45. The first-order valence-corrected chi connectivity index (χ1v) is 11.2. The van der Waals surface area contributed by atoms with Crippen LogP contribution >= 0.6 is 19.6 Å². The summed E-state index contributed by atoms with van der Waals surface area (Å²) in [7, 11) is -4.56. The van der Waals surface area contributed by atoms with Gasteiger partial charge in [-0.25, -0.2) is 23.1 Å². The van der Waals surface area contributed by atoms with Crippen LogP contribution in [0.4, 0.5) is 15.0 Å². The maximum Gasteiger partial charge on any atom is 0.510 e. The number of alkyl halides is 1. The monoisotopic (exact) mass is 471 g/mol. The molecule has 1 aliphatic heterocycles. The van der Waals surface area contributed by atoms with Crippen LogP contribution in [0.1, 0.15) is 25.6 Å². The smallest absolute Gasteiger partial charge is 0.432 e. The van der Waals surface area contributed by atoms with Gasteiger partial charge in [0.2, 0.25) is 6.79 Å². The van der Waals surface area contributed by atoms with Gasteiger partial charge in [-0.1, -0.05) is 0 Å². The Morgan fingerprint density at radius 3 is 2.80 bits per heavy atom. The fourth-order valence-electron chi connectivity index (χ4n) is 2.47. The number of halogens is 1. The molecule has 4 N–H and O–H groups in total. The number of aliphatic hydroxyl groups excluding tert-OH is 1. The number of nitrogen functional groups attached to an aromatic ring is 1. The minimum Gasteiger partial charge on any atom is -0.432 e. The van der Waals surface area contributed by atoms with Gasteiger partial charge < -0.3 is 25.2 Å². The number of hydrogen-bond acceptors (Lipinski definition) is 11. The van der Waals surface area contributed by atoms with E-state index in [1.807, 2.05) is 0 Å². The number of aliphatic hydroxyl groups is 1. The van der Waals surface area contributed by atoms with E-state index in [0.29, 0.717) is 0 Å². The molecule has 12 nitrogen and oxygen atoms in total. The lowest BCUT2D eigenvalue weighted by Crippen LogP contribution is -2.33. The molecule has 30 heavy (non-hydrogen) atoms. The molecule has 1 aromatic rings. The number of nitrogens with two attached hydrogens (primary N) is 1. The average Bonchev–Trinajstić information content (AvgIpc) is 2.89. The third-order valence-corrected chi connectivity index (χ3v) is 6.37. The molecular formula is C15H23FN3O9PS. The SMILES string of the molecule is CC(C)OC(=O)OCOP(=O)(O)OCC[C@H]1S[C@@H](n2ccc(N)nc2=O)[C@@H](F)[C@@H]1O. The molecule has 1 aliphatic rings. The van der Waals surface area contributed by atoms with Crippen LogP contribution in [-0.2, 0) is 23.1 Å². The lowest BCUT2D eigenvalue weighted by atomic mass is 10.1. The predicted octanol–water partition coefficient (Wildman–Crippen LogP) is 1.18. The van der Waals surface area contributed by atoms with Crippen LogP contribution in [0.5, 0.6) is 0 Å². The number of carbonyl (C=O) groups is 1. The van der Waals surface area contributed by atoms with Gasteiger partial charge in [0.25, 0.3) is 0 Å². The number of rotatable bonds is 9. The topological polar surface area (TPSA) is 172 Å². The van der Waals surface area contributed by atoms with Crippen molar-refractivity contribution in [2.75, 3.05) is 19.1 Å². The Morgan fingerprint density at radius 1 is 1.47 bits per heavy atom. The summed E-state index contributed by atoms with van der Waals surface area (Å²) < 4.78 is 45.5. The summed E-state index contributed by atoms with van der Waals surface area (Å²) in [6.45, 7) is 1.93. The van der Waals surface area contributed by atoms with Crippen LogP contribution < -0.4 is 11.4 Å². The molecule has 0 amide bonds. The Hall–Kier alpha value is -1.70. The summed E-state index contributed by atoms with van der Waals surface area (Å²) in [4.78, 5) is 36.1. The highest BCUT2D eigenvalue weighted by atomic mass is 32.2. The van der Waals surface area contributed by atoms with Crippen molar-refractivity contribution in [2.24, 2.45) is 0 Å². The van der Waals surface area contributed by atoms with Crippen LogP contribution in [0.2, 0.25) is 0 Å². The third kappa shape index (κ3) is 6.93. The van der Waals surface area contributed by atoms with Gasteiger partial charge in [-0.2, -0.15) is 4.98 Å². The van der Waals surface area contributed by atoms with Crippen LogP contribution in [0, 0.1) is 0 Å². The second kappa shape index (κ2) is 10.6. The van der Waals surface area contributed by atoms with Gasteiger partial charge in [-0.05, 0) is 26.3 Å². The number of phosphoric ester groups is 1. The summed E-state index contributed by atoms with van der Waals surface area (Å²) in [6, 6.07) is 1.33. The van der Waals surface area contributed by atoms with Gasteiger partial charge in [0.05, 0.1) is 12.7 Å². The van der Waals surface area contributed by atoms with E-state index < -0.39 is 55.5 Å². The molecule has 170 valence electrons.